The highest BCUT2D eigenvalue weighted by atomic mass is 16.5. The Hall–Kier alpha value is -1.67. The summed E-state index contributed by atoms with van der Waals surface area (Å²) in [5.74, 6) is 1.06. The second-order valence-corrected chi connectivity index (χ2v) is 5.74. The summed E-state index contributed by atoms with van der Waals surface area (Å²) >= 11 is 0. The zero-order chi connectivity index (χ0) is 15.2. The molecule has 3 rings (SSSR count). The van der Waals surface area contributed by atoms with Crippen LogP contribution in [0.5, 0.6) is 0 Å². The maximum Gasteiger partial charge on any atom is 0.317 e. The van der Waals surface area contributed by atoms with Gasteiger partial charge in [-0.25, -0.2) is 4.79 Å². The first-order chi connectivity index (χ1) is 10.8. The number of aromatic nitrogens is 2. The Labute approximate surface area is 129 Å². The largest absolute Gasteiger partial charge is 0.379 e. The molecule has 2 amide bonds. The van der Waals surface area contributed by atoms with Crippen LogP contribution >= 0.6 is 0 Å². The Morgan fingerprint density at radius 2 is 2.05 bits per heavy atom. The molecule has 0 atom stereocenters. The number of morpholine rings is 1. The van der Waals surface area contributed by atoms with Crippen molar-refractivity contribution in [1.82, 2.24) is 25.3 Å². The summed E-state index contributed by atoms with van der Waals surface area (Å²) in [6.07, 6.45) is 3.13. The van der Waals surface area contributed by atoms with E-state index in [1.807, 2.05) is 4.90 Å². The van der Waals surface area contributed by atoms with E-state index in [4.69, 9.17) is 9.26 Å². The molecule has 1 aromatic rings. The van der Waals surface area contributed by atoms with Gasteiger partial charge in [-0.3, -0.25) is 4.90 Å². The summed E-state index contributed by atoms with van der Waals surface area (Å²) in [4.78, 5) is 20.4. The summed E-state index contributed by atoms with van der Waals surface area (Å²) < 4.78 is 10.1. The number of amides is 2. The molecule has 0 unspecified atom stereocenters. The first-order valence-corrected chi connectivity index (χ1v) is 7.92. The van der Waals surface area contributed by atoms with E-state index in [1.54, 1.807) is 0 Å². The molecule has 22 heavy (non-hydrogen) atoms. The molecule has 0 aromatic carbocycles. The van der Waals surface area contributed by atoms with Gasteiger partial charge in [-0.15, -0.1) is 0 Å². The van der Waals surface area contributed by atoms with E-state index in [-0.39, 0.29) is 6.03 Å². The quantitative estimate of drug-likeness (QED) is 0.861. The van der Waals surface area contributed by atoms with Gasteiger partial charge in [-0.05, 0) is 12.8 Å². The van der Waals surface area contributed by atoms with Crippen LogP contribution in [-0.4, -0.2) is 78.5 Å². The van der Waals surface area contributed by atoms with Crippen molar-refractivity contribution < 1.29 is 14.1 Å². The van der Waals surface area contributed by atoms with E-state index < -0.39 is 0 Å². The van der Waals surface area contributed by atoms with Gasteiger partial charge in [0, 0.05) is 45.2 Å². The van der Waals surface area contributed by atoms with Crippen molar-refractivity contribution >= 4 is 6.03 Å². The van der Waals surface area contributed by atoms with Gasteiger partial charge < -0.3 is 19.5 Å². The Balaban J connectivity index is 1.35. The van der Waals surface area contributed by atoms with E-state index >= 15 is 0 Å². The number of hydrogen-bond acceptors (Lipinski definition) is 6. The molecule has 2 aliphatic heterocycles. The normalized spacial score (nSPS) is 21.0. The average Bonchev–Trinajstić information content (AvgIpc) is 3.10. The first-order valence-electron chi connectivity index (χ1n) is 7.92. The highest BCUT2D eigenvalue weighted by Gasteiger charge is 2.26. The summed E-state index contributed by atoms with van der Waals surface area (Å²) in [6, 6.07) is 0.0276. The number of hydrogen-bond donors (Lipinski definition) is 1. The molecule has 2 aliphatic rings. The number of likely N-dealkylation sites (tertiary alicyclic amines) is 1. The van der Waals surface area contributed by atoms with Crippen molar-refractivity contribution in [2.24, 2.45) is 0 Å². The molecule has 0 spiro atoms. The third kappa shape index (κ3) is 3.95. The molecule has 2 fully saturated rings. The van der Waals surface area contributed by atoms with Crippen LogP contribution in [0.25, 0.3) is 0 Å². The van der Waals surface area contributed by atoms with Crippen LogP contribution in [0.3, 0.4) is 0 Å². The van der Waals surface area contributed by atoms with Gasteiger partial charge >= 0.3 is 6.03 Å². The number of rotatable bonds is 4. The minimum atomic E-state index is 0.0276. The highest BCUT2D eigenvalue weighted by Crippen LogP contribution is 2.25. The number of urea groups is 1. The fourth-order valence-electron chi connectivity index (χ4n) is 2.96. The van der Waals surface area contributed by atoms with Crippen molar-refractivity contribution in [1.29, 1.82) is 0 Å². The number of nitrogens with zero attached hydrogens (tertiary/aromatic N) is 4. The Morgan fingerprint density at radius 3 is 2.73 bits per heavy atom. The Morgan fingerprint density at radius 1 is 1.27 bits per heavy atom. The second kappa shape index (κ2) is 7.55. The smallest absolute Gasteiger partial charge is 0.317 e. The SMILES string of the molecule is O=C(NCCN1CCOCC1)N1CCC(c2ncon2)CC1. The molecule has 1 aromatic heterocycles. The maximum atomic E-state index is 12.2. The topological polar surface area (TPSA) is 83.7 Å². The third-order valence-corrected chi connectivity index (χ3v) is 4.33. The fraction of sp³-hybridized carbons (Fsp3) is 0.786. The molecule has 3 heterocycles. The predicted molar refractivity (Wildman–Crippen MR) is 78.5 cm³/mol. The molecule has 0 aliphatic carbocycles. The molecule has 8 heteroatoms. The van der Waals surface area contributed by atoms with Gasteiger partial charge in [0.25, 0.3) is 0 Å². The van der Waals surface area contributed by atoms with Gasteiger partial charge in [0.1, 0.15) is 0 Å². The monoisotopic (exact) mass is 309 g/mol. The van der Waals surface area contributed by atoms with Crippen LogP contribution in [0, 0.1) is 0 Å². The van der Waals surface area contributed by atoms with Crippen molar-refractivity contribution in [3.05, 3.63) is 12.2 Å². The lowest BCUT2D eigenvalue weighted by atomic mass is 9.96. The molecule has 0 radical (unpaired) electrons. The highest BCUT2D eigenvalue weighted by molar-refractivity contribution is 5.74. The number of piperidine rings is 1. The minimum Gasteiger partial charge on any atom is -0.379 e. The molecule has 8 nitrogen and oxygen atoms in total. The molecule has 0 saturated carbocycles. The summed E-state index contributed by atoms with van der Waals surface area (Å²) in [7, 11) is 0. The Kier molecular flexibility index (Phi) is 5.23. The summed E-state index contributed by atoms with van der Waals surface area (Å²) in [6.45, 7) is 6.52. The van der Waals surface area contributed by atoms with Crippen LogP contribution in [0.2, 0.25) is 0 Å². The van der Waals surface area contributed by atoms with Crippen molar-refractivity contribution in [2.75, 3.05) is 52.5 Å². The van der Waals surface area contributed by atoms with Crippen LogP contribution in [0.1, 0.15) is 24.6 Å². The van der Waals surface area contributed by atoms with Crippen molar-refractivity contribution in [3.8, 4) is 0 Å². The van der Waals surface area contributed by atoms with E-state index in [0.29, 0.717) is 12.5 Å². The molecule has 1 N–H and O–H groups in total. The lowest BCUT2D eigenvalue weighted by molar-refractivity contribution is 0.0385. The van der Waals surface area contributed by atoms with Crippen LogP contribution in [0.15, 0.2) is 10.9 Å². The fourth-order valence-corrected chi connectivity index (χ4v) is 2.96. The van der Waals surface area contributed by atoms with Gasteiger partial charge in [-0.2, -0.15) is 4.98 Å². The van der Waals surface area contributed by atoms with Gasteiger partial charge in [-0.1, -0.05) is 5.16 Å². The lowest BCUT2D eigenvalue weighted by Gasteiger charge is -2.31. The van der Waals surface area contributed by atoms with E-state index in [0.717, 1.165) is 64.6 Å². The Bertz CT molecular complexity index is 453. The summed E-state index contributed by atoms with van der Waals surface area (Å²) in [5, 5.41) is 6.89. The molecule has 2 saturated heterocycles. The predicted octanol–water partition coefficient (Wildman–Crippen LogP) is 0.291. The van der Waals surface area contributed by atoms with Crippen LogP contribution < -0.4 is 5.32 Å². The van der Waals surface area contributed by atoms with Gasteiger partial charge in [0.15, 0.2) is 5.82 Å². The number of carbonyl (C=O) groups is 1. The van der Waals surface area contributed by atoms with E-state index in [2.05, 4.69) is 20.4 Å². The lowest BCUT2D eigenvalue weighted by Crippen LogP contribution is -2.47. The minimum absolute atomic E-state index is 0.0276. The van der Waals surface area contributed by atoms with Crippen molar-refractivity contribution in [3.63, 3.8) is 0 Å². The average molecular weight is 309 g/mol. The molecular weight excluding hydrogens is 286 g/mol. The zero-order valence-electron chi connectivity index (χ0n) is 12.7. The third-order valence-electron chi connectivity index (χ3n) is 4.33. The number of carbonyl (C=O) groups excluding carboxylic acids is 1. The van der Waals surface area contributed by atoms with Crippen LogP contribution in [0.4, 0.5) is 4.79 Å². The van der Waals surface area contributed by atoms with E-state index in [9.17, 15) is 4.79 Å². The summed E-state index contributed by atoms with van der Waals surface area (Å²) in [5.41, 5.74) is 0. The first kappa shape index (κ1) is 15.2. The van der Waals surface area contributed by atoms with Gasteiger partial charge in [0.05, 0.1) is 13.2 Å². The van der Waals surface area contributed by atoms with E-state index in [1.165, 1.54) is 6.39 Å². The van der Waals surface area contributed by atoms with Gasteiger partial charge in [0.2, 0.25) is 6.39 Å². The second-order valence-electron chi connectivity index (χ2n) is 5.74. The number of ether oxygens (including phenoxy) is 1. The maximum absolute atomic E-state index is 12.2. The van der Waals surface area contributed by atoms with Crippen molar-refractivity contribution in [2.45, 2.75) is 18.8 Å². The molecule has 122 valence electrons. The number of nitrogens with one attached hydrogen (secondary N) is 1. The standard InChI is InChI=1S/C14H23N5O3/c20-14(15-3-6-18-7-9-21-10-8-18)19-4-1-12(2-5-19)13-16-11-22-17-13/h11-12H,1-10H2,(H,15,20). The van der Waals surface area contributed by atoms with Crippen LogP contribution in [-0.2, 0) is 4.74 Å². The molecule has 0 bridgehead atoms. The zero-order valence-corrected chi connectivity index (χ0v) is 12.7. The molecular formula is C14H23N5O3.